The van der Waals surface area contributed by atoms with Gasteiger partial charge in [-0.05, 0) is 60.0 Å². The summed E-state index contributed by atoms with van der Waals surface area (Å²) >= 11 is -0.457. The SMILES string of the molecule is Oc1ccccc1-c1cccc(-c2cccc(-c3ccccc3O)n2)n1.[Pt].c1cc2c3[c](cccc3c1)[AlH][O]2. The van der Waals surface area contributed by atoms with Gasteiger partial charge in [-0.3, -0.25) is 0 Å². The van der Waals surface area contributed by atoms with E-state index in [1.807, 2.05) is 60.7 Å². The third kappa shape index (κ3) is 5.60. The number of rotatable bonds is 3. The van der Waals surface area contributed by atoms with Crippen LogP contribution in [0.2, 0.25) is 0 Å². The van der Waals surface area contributed by atoms with Crippen molar-refractivity contribution < 1.29 is 35.1 Å². The first-order valence-electron chi connectivity index (χ1n) is 12.3. The van der Waals surface area contributed by atoms with Crippen LogP contribution in [-0.4, -0.2) is 35.7 Å². The second kappa shape index (κ2) is 11.8. The molecule has 0 radical (unpaired) electrons. The predicted octanol–water partition coefficient (Wildman–Crippen LogP) is 6.10. The first-order valence-corrected chi connectivity index (χ1v) is 13.6. The van der Waals surface area contributed by atoms with E-state index < -0.39 is 15.6 Å². The Morgan fingerprint density at radius 1 is 0.513 bits per heavy atom. The summed E-state index contributed by atoms with van der Waals surface area (Å²) in [6.07, 6.45) is 0. The van der Waals surface area contributed by atoms with Crippen molar-refractivity contribution in [2.45, 2.75) is 0 Å². The Bertz CT molecular complexity index is 1650. The first kappa shape index (κ1) is 26.7. The van der Waals surface area contributed by atoms with Gasteiger partial charge in [-0.2, -0.15) is 0 Å². The van der Waals surface area contributed by atoms with E-state index in [4.69, 9.17) is 3.79 Å². The average molecular weight is 706 g/mol. The van der Waals surface area contributed by atoms with Gasteiger partial charge in [-0.15, -0.1) is 0 Å². The van der Waals surface area contributed by atoms with E-state index in [0.29, 0.717) is 33.9 Å². The van der Waals surface area contributed by atoms with E-state index in [-0.39, 0.29) is 32.6 Å². The molecule has 6 aromatic rings. The summed E-state index contributed by atoms with van der Waals surface area (Å²) < 4.78 is 7.10. The molecule has 39 heavy (non-hydrogen) atoms. The van der Waals surface area contributed by atoms with Crippen LogP contribution in [0.1, 0.15) is 0 Å². The van der Waals surface area contributed by atoms with Crippen molar-refractivity contribution in [2.24, 2.45) is 0 Å². The number of phenols is 2. The third-order valence-electron chi connectivity index (χ3n) is 6.46. The fraction of sp³-hybridized carbons (Fsp3) is 0. The van der Waals surface area contributed by atoms with Gasteiger partial charge in [-0.25, -0.2) is 9.97 Å². The third-order valence-corrected chi connectivity index (χ3v) is 7.81. The summed E-state index contributed by atoms with van der Waals surface area (Å²) in [6.45, 7) is 0. The number of hydrogen-bond donors (Lipinski definition) is 2. The molecule has 1 aliphatic rings. The molecule has 0 saturated carbocycles. The molecule has 0 amide bonds. The van der Waals surface area contributed by atoms with E-state index in [0.717, 1.165) is 5.75 Å². The van der Waals surface area contributed by atoms with Crippen LogP contribution >= 0.6 is 0 Å². The summed E-state index contributed by atoms with van der Waals surface area (Å²) in [4.78, 5) is 9.29. The van der Waals surface area contributed by atoms with Crippen LogP contribution in [0.5, 0.6) is 17.2 Å². The molecule has 0 spiro atoms. The Kier molecular flexibility index (Phi) is 8.10. The van der Waals surface area contributed by atoms with Crippen molar-refractivity contribution in [3.8, 4) is 51.2 Å². The minimum atomic E-state index is -0.457. The first-order chi connectivity index (χ1) is 18.7. The van der Waals surface area contributed by atoms with Crippen LogP contribution < -0.4 is 8.21 Å². The molecule has 0 atom stereocenters. The number of nitrogens with zero attached hydrogens (tertiary/aromatic N) is 2. The molecule has 0 bridgehead atoms. The monoisotopic (exact) mass is 705 g/mol. The summed E-state index contributed by atoms with van der Waals surface area (Å²) in [5, 5.41) is 22.8. The average Bonchev–Trinajstić information content (AvgIpc) is 3.39. The quantitative estimate of drug-likeness (QED) is 0.218. The normalized spacial score (nSPS) is 11.0. The molecule has 1 aliphatic heterocycles. The minimum Gasteiger partial charge on any atom is -0.641 e. The Hall–Kier alpha value is -3.94. The fourth-order valence-electron chi connectivity index (χ4n) is 4.61. The van der Waals surface area contributed by atoms with E-state index >= 15 is 0 Å². The maximum atomic E-state index is 10.1. The molecule has 0 unspecified atom stereocenters. The van der Waals surface area contributed by atoms with Gasteiger partial charge in [0.1, 0.15) is 11.5 Å². The Morgan fingerprint density at radius 2 is 1.00 bits per heavy atom. The number of benzene rings is 4. The van der Waals surface area contributed by atoms with Crippen molar-refractivity contribution in [3.63, 3.8) is 0 Å². The van der Waals surface area contributed by atoms with Crippen LogP contribution in [0, 0.1) is 0 Å². The molecular formula is C32H23AlN2O3Pt. The van der Waals surface area contributed by atoms with E-state index in [1.54, 1.807) is 24.3 Å². The molecule has 2 aromatic heterocycles. The fourth-order valence-corrected chi connectivity index (χ4v) is 5.92. The molecule has 2 N–H and O–H groups in total. The zero-order valence-corrected chi connectivity index (χ0v) is 24.5. The predicted molar refractivity (Wildman–Crippen MR) is 153 cm³/mol. The number of hydrogen-bond acceptors (Lipinski definition) is 5. The number of aromatic hydroxyl groups is 2. The summed E-state index contributed by atoms with van der Waals surface area (Å²) in [5.41, 5.74) is 4.09. The van der Waals surface area contributed by atoms with Gasteiger partial charge in [-0.1, -0.05) is 71.2 Å². The largest absolute Gasteiger partial charge is 0.641 e. The number of phenolic OH excluding ortho intramolecular Hbond substituents is 2. The maximum absolute atomic E-state index is 10.1. The molecule has 0 aliphatic carbocycles. The van der Waals surface area contributed by atoms with E-state index in [1.165, 1.54) is 15.2 Å². The van der Waals surface area contributed by atoms with Gasteiger partial charge in [0.05, 0.1) is 28.5 Å². The summed E-state index contributed by atoms with van der Waals surface area (Å²) in [5.74, 6) is 1.47. The van der Waals surface area contributed by atoms with Crippen LogP contribution in [-0.2, 0) is 21.1 Å². The summed E-state index contributed by atoms with van der Waals surface area (Å²) in [6, 6.07) is 38.1. The van der Waals surface area contributed by atoms with Crippen molar-refractivity contribution in [1.29, 1.82) is 0 Å². The molecule has 7 rings (SSSR count). The van der Waals surface area contributed by atoms with E-state index in [9.17, 15) is 10.2 Å². The Balaban J connectivity index is 0.000000197. The topological polar surface area (TPSA) is 75.5 Å². The minimum absolute atomic E-state index is 0. The van der Waals surface area contributed by atoms with Gasteiger partial charge in [0.25, 0.3) is 0 Å². The molecule has 192 valence electrons. The van der Waals surface area contributed by atoms with Crippen LogP contribution in [0.3, 0.4) is 0 Å². The second-order valence-electron chi connectivity index (χ2n) is 8.91. The molecule has 0 fully saturated rings. The van der Waals surface area contributed by atoms with Gasteiger partial charge in [0.2, 0.25) is 0 Å². The zero-order chi connectivity index (χ0) is 25.9. The van der Waals surface area contributed by atoms with Crippen LogP contribution in [0.15, 0.2) is 121 Å². The summed E-state index contributed by atoms with van der Waals surface area (Å²) in [7, 11) is 0. The van der Waals surface area contributed by atoms with Gasteiger partial charge in [0, 0.05) is 37.6 Å². The zero-order valence-electron chi connectivity index (χ0n) is 20.8. The van der Waals surface area contributed by atoms with Crippen molar-refractivity contribution in [1.82, 2.24) is 9.97 Å². The number of pyridine rings is 2. The molecule has 3 heterocycles. The molecule has 7 heteroatoms. The van der Waals surface area contributed by atoms with Crippen molar-refractivity contribution >= 4 is 30.8 Å². The second-order valence-corrected chi connectivity index (χ2v) is 10.2. The molecule has 5 nitrogen and oxygen atoms in total. The van der Waals surface area contributed by atoms with Crippen molar-refractivity contribution in [3.05, 3.63) is 121 Å². The molecule has 4 aromatic carbocycles. The van der Waals surface area contributed by atoms with Crippen LogP contribution in [0.4, 0.5) is 0 Å². The van der Waals surface area contributed by atoms with Gasteiger partial charge in [0.15, 0.2) is 0 Å². The Labute approximate surface area is 247 Å². The standard InChI is InChI=1S/C22H16N2O2.C10H7O.Al.Pt.H/c25-21-13-3-1-7-15(21)17-9-5-11-19(23-17)20-12-6-10-18(24-20)16-8-2-4-14-22(16)26;11-10-7-3-5-8-4-1-2-6-9(8)10;;;/h1-14,25-26H;1-5,7,11H;;;/q;;+1;;/p-1. The van der Waals surface area contributed by atoms with Crippen LogP contribution in [0.25, 0.3) is 44.7 Å². The van der Waals surface area contributed by atoms with Gasteiger partial charge >= 0.3 is 15.6 Å². The van der Waals surface area contributed by atoms with Gasteiger partial charge < -0.3 is 14.0 Å². The molecule has 0 saturated heterocycles. The maximum Gasteiger partial charge on any atom is 0.565 e. The van der Waals surface area contributed by atoms with Crippen molar-refractivity contribution in [2.75, 3.05) is 0 Å². The Morgan fingerprint density at radius 3 is 1.56 bits per heavy atom. The number of para-hydroxylation sites is 2. The molecular weight excluding hydrogens is 682 g/mol. The number of aromatic nitrogens is 2. The van der Waals surface area contributed by atoms with E-state index in [2.05, 4.69) is 46.4 Å². The smallest absolute Gasteiger partial charge is 0.565 e.